The molecule has 2 aliphatic rings. The topological polar surface area (TPSA) is 75.7 Å². The van der Waals surface area contributed by atoms with Crippen molar-refractivity contribution in [2.45, 2.75) is 25.7 Å². The number of benzene rings is 1. The number of amides is 2. The van der Waals surface area contributed by atoms with Gasteiger partial charge in [-0.3, -0.25) is 9.59 Å². The summed E-state index contributed by atoms with van der Waals surface area (Å²) in [5.41, 5.74) is 1.05. The molecular weight excluding hydrogens is 308 g/mol. The Labute approximate surface area is 141 Å². The number of hydrogen-bond donors (Lipinski definition) is 1. The zero-order valence-corrected chi connectivity index (χ0v) is 13.8. The lowest BCUT2D eigenvalue weighted by Crippen LogP contribution is -2.37. The third kappa shape index (κ3) is 3.58. The van der Waals surface area contributed by atoms with E-state index in [1.165, 1.54) is 13.5 Å². The third-order valence-corrected chi connectivity index (χ3v) is 4.69. The van der Waals surface area contributed by atoms with Crippen molar-refractivity contribution in [1.29, 1.82) is 0 Å². The number of anilines is 1. The Morgan fingerprint density at radius 2 is 1.71 bits per heavy atom. The molecule has 0 bridgehead atoms. The second-order valence-corrected chi connectivity index (χ2v) is 6.39. The lowest BCUT2D eigenvalue weighted by molar-refractivity contribution is -0.134. The smallest absolute Gasteiger partial charge is 0.337 e. The Morgan fingerprint density at radius 3 is 2.33 bits per heavy atom. The van der Waals surface area contributed by atoms with Gasteiger partial charge in [0.05, 0.1) is 24.5 Å². The molecule has 0 aromatic heterocycles. The molecular formula is C18H22N2O4. The van der Waals surface area contributed by atoms with Crippen LogP contribution in [-0.2, 0) is 14.3 Å². The molecule has 2 fully saturated rings. The van der Waals surface area contributed by atoms with Gasteiger partial charge in [-0.15, -0.1) is 0 Å². The molecule has 1 aliphatic carbocycles. The maximum Gasteiger partial charge on any atom is 0.337 e. The predicted molar refractivity (Wildman–Crippen MR) is 88.4 cm³/mol. The van der Waals surface area contributed by atoms with E-state index in [4.69, 9.17) is 0 Å². The van der Waals surface area contributed by atoms with Crippen LogP contribution in [0.1, 0.15) is 36.0 Å². The number of nitrogens with zero attached hydrogens (tertiary/aromatic N) is 1. The van der Waals surface area contributed by atoms with Gasteiger partial charge in [0, 0.05) is 18.8 Å². The molecule has 2 atom stereocenters. The van der Waals surface area contributed by atoms with Crippen LogP contribution in [0.4, 0.5) is 5.69 Å². The Bertz CT molecular complexity index is 635. The molecule has 1 aliphatic heterocycles. The molecule has 6 nitrogen and oxygen atoms in total. The van der Waals surface area contributed by atoms with Crippen molar-refractivity contribution < 1.29 is 19.1 Å². The number of likely N-dealkylation sites (tertiary alicyclic amines) is 1. The fourth-order valence-corrected chi connectivity index (χ4v) is 3.15. The van der Waals surface area contributed by atoms with Crippen LogP contribution < -0.4 is 5.32 Å². The minimum atomic E-state index is -0.415. The van der Waals surface area contributed by atoms with Crippen LogP contribution in [0.25, 0.3) is 0 Å². The first kappa shape index (κ1) is 16.5. The van der Waals surface area contributed by atoms with Crippen LogP contribution in [0.2, 0.25) is 0 Å². The molecule has 24 heavy (non-hydrogen) atoms. The molecule has 2 amide bonds. The lowest BCUT2D eigenvalue weighted by Gasteiger charge is -2.26. The van der Waals surface area contributed by atoms with Crippen molar-refractivity contribution in [1.82, 2.24) is 4.90 Å². The van der Waals surface area contributed by atoms with Gasteiger partial charge in [-0.25, -0.2) is 4.79 Å². The number of carbonyl (C=O) groups is 3. The van der Waals surface area contributed by atoms with Gasteiger partial charge in [0.25, 0.3) is 0 Å². The SMILES string of the molecule is COC(=O)c1ccc(NC(=O)C2CC2C(=O)N2CCCCC2)cc1. The molecule has 1 N–H and O–H groups in total. The van der Waals surface area contributed by atoms with Gasteiger partial charge in [-0.2, -0.15) is 0 Å². The van der Waals surface area contributed by atoms with Crippen LogP contribution in [0.15, 0.2) is 24.3 Å². The predicted octanol–water partition coefficient (Wildman–Crippen LogP) is 2.06. The monoisotopic (exact) mass is 330 g/mol. The van der Waals surface area contributed by atoms with Crippen LogP contribution in [-0.4, -0.2) is 42.9 Å². The molecule has 0 radical (unpaired) electrons. The minimum Gasteiger partial charge on any atom is -0.465 e. The molecule has 1 saturated heterocycles. The number of ether oxygens (including phenoxy) is 1. The summed E-state index contributed by atoms with van der Waals surface area (Å²) >= 11 is 0. The summed E-state index contributed by atoms with van der Waals surface area (Å²) in [4.78, 5) is 37.9. The summed E-state index contributed by atoms with van der Waals surface area (Å²) in [6, 6.07) is 6.53. The maximum atomic E-state index is 12.4. The van der Waals surface area contributed by atoms with E-state index in [1.54, 1.807) is 24.3 Å². The van der Waals surface area contributed by atoms with Crippen molar-refractivity contribution in [2.24, 2.45) is 11.8 Å². The number of methoxy groups -OCH3 is 1. The highest BCUT2D eigenvalue weighted by Crippen LogP contribution is 2.41. The number of carbonyl (C=O) groups excluding carboxylic acids is 3. The van der Waals surface area contributed by atoms with Gasteiger partial charge >= 0.3 is 5.97 Å². The molecule has 1 aromatic carbocycles. The second kappa shape index (κ2) is 7.03. The molecule has 1 saturated carbocycles. The standard InChI is InChI=1S/C18H22N2O4/c1-24-18(23)12-5-7-13(8-6-12)19-16(21)14-11-15(14)17(22)20-9-3-2-4-10-20/h5-8,14-15H,2-4,9-11H2,1H3,(H,19,21). The minimum absolute atomic E-state index is 0.121. The van der Waals surface area contributed by atoms with Crippen LogP contribution in [0.3, 0.4) is 0 Å². The van der Waals surface area contributed by atoms with Gasteiger partial charge in [0.1, 0.15) is 0 Å². The molecule has 1 aromatic rings. The normalized spacial score (nSPS) is 22.6. The highest BCUT2D eigenvalue weighted by atomic mass is 16.5. The summed E-state index contributed by atoms with van der Waals surface area (Å²) in [5.74, 6) is -0.827. The van der Waals surface area contributed by atoms with Gasteiger partial charge in [0.2, 0.25) is 11.8 Å². The van der Waals surface area contributed by atoms with E-state index in [9.17, 15) is 14.4 Å². The average Bonchev–Trinajstić information content (AvgIpc) is 3.42. The molecule has 2 unspecified atom stereocenters. The van der Waals surface area contributed by atoms with Crippen molar-refractivity contribution in [3.05, 3.63) is 29.8 Å². The first-order valence-electron chi connectivity index (χ1n) is 8.38. The van der Waals surface area contributed by atoms with Crippen molar-refractivity contribution in [3.8, 4) is 0 Å². The van der Waals surface area contributed by atoms with Gasteiger partial charge in [0.15, 0.2) is 0 Å². The Kier molecular flexibility index (Phi) is 4.83. The van der Waals surface area contributed by atoms with E-state index < -0.39 is 5.97 Å². The first-order chi connectivity index (χ1) is 11.6. The molecule has 1 heterocycles. The quantitative estimate of drug-likeness (QED) is 0.858. The first-order valence-corrected chi connectivity index (χ1v) is 8.38. The number of rotatable bonds is 4. The van der Waals surface area contributed by atoms with Crippen LogP contribution in [0, 0.1) is 11.8 Å². The number of hydrogen-bond acceptors (Lipinski definition) is 4. The molecule has 6 heteroatoms. The Hall–Kier alpha value is -2.37. The highest BCUT2D eigenvalue weighted by Gasteiger charge is 2.49. The van der Waals surface area contributed by atoms with E-state index in [1.807, 2.05) is 4.90 Å². The fraction of sp³-hybridized carbons (Fsp3) is 0.500. The van der Waals surface area contributed by atoms with Gasteiger partial charge in [-0.05, 0) is 49.9 Å². The molecule has 0 spiro atoms. The number of esters is 1. The Balaban J connectivity index is 1.53. The highest BCUT2D eigenvalue weighted by molar-refractivity contribution is 6.00. The van der Waals surface area contributed by atoms with E-state index in [2.05, 4.69) is 10.1 Å². The van der Waals surface area contributed by atoms with Crippen LogP contribution in [0.5, 0.6) is 0 Å². The molecule has 128 valence electrons. The number of nitrogens with one attached hydrogen (secondary N) is 1. The summed E-state index contributed by atoms with van der Waals surface area (Å²) in [7, 11) is 1.32. The van der Waals surface area contributed by atoms with Crippen LogP contribution >= 0.6 is 0 Å². The second-order valence-electron chi connectivity index (χ2n) is 6.39. The average molecular weight is 330 g/mol. The van der Waals surface area contributed by atoms with E-state index >= 15 is 0 Å². The third-order valence-electron chi connectivity index (χ3n) is 4.69. The number of piperidine rings is 1. The summed E-state index contributed by atoms with van der Waals surface area (Å²) in [5, 5.41) is 2.81. The molecule has 3 rings (SSSR count). The summed E-state index contributed by atoms with van der Waals surface area (Å²) < 4.78 is 4.64. The van der Waals surface area contributed by atoms with E-state index in [-0.39, 0.29) is 23.7 Å². The lowest BCUT2D eigenvalue weighted by atomic mass is 10.1. The fourth-order valence-electron chi connectivity index (χ4n) is 3.15. The van der Waals surface area contributed by atoms with E-state index in [0.29, 0.717) is 17.7 Å². The van der Waals surface area contributed by atoms with Gasteiger partial charge in [-0.1, -0.05) is 0 Å². The summed E-state index contributed by atoms with van der Waals surface area (Å²) in [6.07, 6.45) is 3.92. The van der Waals surface area contributed by atoms with E-state index in [0.717, 1.165) is 25.9 Å². The van der Waals surface area contributed by atoms with Crippen molar-refractivity contribution >= 4 is 23.5 Å². The van der Waals surface area contributed by atoms with Crippen molar-refractivity contribution in [3.63, 3.8) is 0 Å². The summed E-state index contributed by atoms with van der Waals surface area (Å²) in [6.45, 7) is 1.64. The van der Waals surface area contributed by atoms with Crippen molar-refractivity contribution in [2.75, 3.05) is 25.5 Å². The zero-order valence-electron chi connectivity index (χ0n) is 13.8. The maximum absolute atomic E-state index is 12.4. The largest absolute Gasteiger partial charge is 0.465 e. The van der Waals surface area contributed by atoms with Gasteiger partial charge < -0.3 is 15.0 Å². The Morgan fingerprint density at radius 1 is 1.04 bits per heavy atom. The zero-order chi connectivity index (χ0) is 17.1.